The summed E-state index contributed by atoms with van der Waals surface area (Å²) in [6, 6.07) is 23.2. The quantitative estimate of drug-likeness (QED) is 0.132. The molecule has 0 spiro atoms. The molecule has 0 aliphatic carbocycles. The number of rotatable bonds is 18. The van der Waals surface area contributed by atoms with Crippen molar-refractivity contribution in [1.82, 2.24) is 20.9 Å². The Bertz CT molecular complexity index is 1640. The van der Waals surface area contributed by atoms with Gasteiger partial charge in [0.1, 0.15) is 17.9 Å². The standard InChI is InChI=1S/C43H58N4O6/c1-8-43(6,7)41(50)53-36(35(26-33-21-13-10-14-22-33)46-37(48)28-52-39-30(4)17-15-18-31(39)5)27-34(25-32-19-11-9-12-20-32)45-40(49)38(29(2)3)47-24-16-23-44-42(47)51/h9-15,17-22,29,34-36,38H,8,16,23-28H2,1-7H3,(H,44,51)(H,45,49)(H,46,48)/t34-,35+,36+,38+/m1/s1. The lowest BCUT2D eigenvalue weighted by Gasteiger charge is -2.38. The molecule has 0 bridgehead atoms. The summed E-state index contributed by atoms with van der Waals surface area (Å²) in [7, 11) is 0. The largest absolute Gasteiger partial charge is 0.483 e. The van der Waals surface area contributed by atoms with Crippen LogP contribution in [0.5, 0.6) is 5.75 Å². The minimum atomic E-state index is -0.831. The third-order valence-corrected chi connectivity index (χ3v) is 10.1. The molecule has 10 nitrogen and oxygen atoms in total. The van der Waals surface area contributed by atoms with Crippen LogP contribution >= 0.6 is 0 Å². The van der Waals surface area contributed by atoms with Crippen molar-refractivity contribution >= 4 is 23.8 Å². The lowest BCUT2D eigenvalue weighted by atomic mass is 9.89. The van der Waals surface area contributed by atoms with Crippen molar-refractivity contribution in [3.8, 4) is 5.75 Å². The normalized spacial score (nSPS) is 15.5. The first-order chi connectivity index (χ1) is 25.3. The van der Waals surface area contributed by atoms with E-state index in [2.05, 4.69) is 16.0 Å². The van der Waals surface area contributed by atoms with E-state index in [1.807, 2.05) is 127 Å². The molecule has 1 aliphatic rings. The average Bonchev–Trinajstić information content (AvgIpc) is 3.12. The van der Waals surface area contributed by atoms with Gasteiger partial charge in [0.2, 0.25) is 5.91 Å². The number of para-hydroxylation sites is 1. The van der Waals surface area contributed by atoms with Gasteiger partial charge in [-0.25, -0.2) is 4.79 Å². The molecule has 0 aromatic heterocycles. The molecule has 10 heteroatoms. The van der Waals surface area contributed by atoms with Crippen LogP contribution in [0.4, 0.5) is 4.79 Å². The number of nitrogens with one attached hydrogen (secondary N) is 3. The van der Waals surface area contributed by atoms with Gasteiger partial charge >= 0.3 is 12.0 Å². The summed E-state index contributed by atoms with van der Waals surface area (Å²) in [5.74, 6) is -0.523. The molecule has 3 aromatic carbocycles. The van der Waals surface area contributed by atoms with Crippen molar-refractivity contribution in [3.05, 3.63) is 101 Å². The van der Waals surface area contributed by atoms with E-state index < -0.39 is 29.6 Å². The number of aryl methyl sites for hydroxylation is 2. The Labute approximate surface area is 315 Å². The number of amides is 4. The van der Waals surface area contributed by atoms with Gasteiger partial charge in [-0.3, -0.25) is 14.4 Å². The zero-order chi connectivity index (χ0) is 38.5. The van der Waals surface area contributed by atoms with Crippen LogP contribution in [0, 0.1) is 25.2 Å². The second-order valence-electron chi connectivity index (χ2n) is 15.2. The second kappa shape index (κ2) is 19.3. The number of hydrogen-bond acceptors (Lipinski definition) is 6. The molecule has 1 saturated heterocycles. The molecule has 1 aliphatic heterocycles. The van der Waals surface area contributed by atoms with Crippen LogP contribution in [-0.4, -0.2) is 72.6 Å². The number of ether oxygens (including phenoxy) is 2. The number of esters is 1. The van der Waals surface area contributed by atoms with Gasteiger partial charge in [0, 0.05) is 25.6 Å². The van der Waals surface area contributed by atoms with Crippen LogP contribution in [0.1, 0.15) is 76.1 Å². The fourth-order valence-corrected chi connectivity index (χ4v) is 6.67. The molecular weight excluding hydrogens is 668 g/mol. The predicted molar refractivity (Wildman–Crippen MR) is 207 cm³/mol. The highest BCUT2D eigenvalue weighted by Crippen LogP contribution is 2.26. The number of urea groups is 1. The van der Waals surface area contributed by atoms with E-state index in [9.17, 15) is 19.2 Å². The van der Waals surface area contributed by atoms with E-state index in [1.54, 1.807) is 4.90 Å². The van der Waals surface area contributed by atoms with Gasteiger partial charge < -0.3 is 30.3 Å². The van der Waals surface area contributed by atoms with Crippen LogP contribution < -0.4 is 20.7 Å². The van der Waals surface area contributed by atoms with Gasteiger partial charge in [-0.15, -0.1) is 0 Å². The lowest BCUT2D eigenvalue weighted by Crippen LogP contribution is -2.59. The lowest BCUT2D eigenvalue weighted by molar-refractivity contribution is -0.162. The van der Waals surface area contributed by atoms with Crippen LogP contribution in [0.15, 0.2) is 78.9 Å². The maximum Gasteiger partial charge on any atom is 0.318 e. The summed E-state index contributed by atoms with van der Waals surface area (Å²) in [5, 5.41) is 9.29. The third kappa shape index (κ3) is 11.8. The predicted octanol–water partition coefficient (Wildman–Crippen LogP) is 6.32. The Morgan fingerprint density at radius 1 is 0.868 bits per heavy atom. The first-order valence-corrected chi connectivity index (χ1v) is 18.9. The van der Waals surface area contributed by atoms with E-state index in [4.69, 9.17) is 9.47 Å². The molecule has 0 saturated carbocycles. The molecule has 3 aromatic rings. The molecule has 53 heavy (non-hydrogen) atoms. The summed E-state index contributed by atoms with van der Waals surface area (Å²) in [4.78, 5) is 56.3. The Morgan fingerprint density at radius 3 is 2.04 bits per heavy atom. The average molecular weight is 727 g/mol. The molecule has 1 heterocycles. The second-order valence-corrected chi connectivity index (χ2v) is 15.2. The van der Waals surface area contributed by atoms with Crippen molar-refractivity contribution < 1.29 is 28.7 Å². The maximum absolute atomic E-state index is 14.2. The molecule has 4 rings (SSSR count). The van der Waals surface area contributed by atoms with Gasteiger partial charge in [-0.05, 0) is 81.5 Å². The number of benzene rings is 3. The van der Waals surface area contributed by atoms with E-state index >= 15 is 0 Å². The van der Waals surface area contributed by atoms with E-state index in [0.717, 1.165) is 28.7 Å². The minimum Gasteiger partial charge on any atom is -0.483 e. The SMILES string of the molecule is CCC(C)(C)C(=O)O[C@@H](C[C@@H](Cc1ccccc1)NC(=O)[C@H](C(C)C)N1CCCNC1=O)[C@H](Cc1ccccc1)NC(=O)COc1c(C)cccc1C. The zero-order valence-corrected chi connectivity index (χ0v) is 32.4. The Hall–Kier alpha value is -4.86. The zero-order valence-electron chi connectivity index (χ0n) is 32.4. The first-order valence-electron chi connectivity index (χ1n) is 18.9. The number of carbonyl (C=O) groups excluding carboxylic acids is 4. The first kappa shape index (κ1) is 40.9. The van der Waals surface area contributed by atoms with Crippen LogP contribution in [0.2, 0.25) is 0 Å². The highest BCUT2D eigenvalue weighted by Gasteiger charge is 2.38. The topological polar surface area (TPSA) is 126 Å². The molecule has 4 amide bonds. The number of hydrogen-bond donors (Lipinski definition) is 3. The van der Waals surface area contributed by atoms with Crippen LogP contribution in [0.3, 0.4) is 0 Å². The molecule has 286 valence electrons. The van der Waals surface area contributed by atoms with E-state index in [0.29, 0.717) is 38.1 Å². The van der Waals surface area contributed by atoms with E-state index in [-0.39, 0.29) is 42.8 Å². The van der Waals surface area contributed by atoms with Gasteiger partial charge in [0.15, 0.2) is 6.61 Å². The fourth-order valence-electron chi connectivity index (χ4n) is 6.67. The highest BCUT2D eigenvalue weighted by atomic mass is 16.5. The molecule has 4 atom stereocenters. The van der Waals surface area contributed by atoms with Gasteiger partial charge in [0.05, 0.1) is 11.5 Å². The maximum atomic E-state index is 14.2. The molecule has 1 fully saturated rings. The van der Waals surface area contributed by atoms with Gasteiger partial charge in [0.25, 0.3) is 5.91 Å². The van der Waals surface area contributed by atoms with Crippen molar-refractivity contribution in [3.63, 3.8) is 0 Å². The Kier molecular flexibility index (Phi) is 14.9. The van der Waals surface area contributed by atoms with Crippen LogP contribution in [0.25, 0.3) is 0 Å². The molecule has 0 unspecified atom stereocenters. The smallest absolute Gasteiger partial charge is 0.318 e. The molecule has 0 radical (unpaired) electrons. The summed E-state index contributed by atoms with van der Waals surface area (Å²) < 4.78 is 12.4. The summed E-state index contributed by atoms with van der Waals surface area (Å²) in [6.07, 6.45) is 1.48. The number of nitrogens with zero attached hydrogens (tertiary/aromatic N) is 1. The third-order valence-electron chi connectivity index (χ3n) is 10.1. The summed E-state index contributed by atoms with van der Waals surface area (Å²) >= 11 is 0. The van der Waals surface area contributed by atoms with Crippen molar-refractivity contribution in [2.24, 2.45) is 11.3 Å². The van der Waals surface area contributed by atoms with Crippen LogP contribution in [-0.2, 0) is 32.0 Å². The minimum absolute atomic E-state index is 0.155. The highest BCUT2D eigenvalue weighted by molar-refractivity contribution is 5.88. The molecular formula is C43H58N4O6. The summed E-state index contributed by atoms with van der Waals surface area (Å²) in [5.41, 5.74) is 3.00. The van der Waals surface area contributed by atoms with Gasteiger partial charge in [-0.2, -0.15) is 0 Å². The monoisotopic (exact) mass is 726 g/mol. The Morgan fingerprint density at radius 2 is 1.47 bits per heavy atom. The van der Waals surface area contributed by atoms with Gasteiger partial charge in [-0.1, -0.05) is 99.6 Å². The van der Waals surface area contributed by atoms with Crippen molar-refractivity contribution in [2.75, 3.05) is 19.7 Å². The molecule has 3 N–H and O–H groups in total. The fraction of sp³-hybridized carbons (Fsp3) is 0.488. The number of carbonyl (C=O) groups is 4. The van der Waals surface area contributed by atoms with Crippen molar-refractivity contribution in [2.45, 2.75) is 105 Å². The van der Waals surface area contributed by atoms with E-state index in [1.165, 1.54) is 0 Å². The van der Waals surface area contributed by atoms with Crippen molar-refractivity contribution in [1.29, 1.82) is 0 Å². The summed E-state index contributed by atoms with van der Waals surface area (Å²) in [6.45, 7) is 14.2. The Balaban J connectivity index is 1.70.